The molecule has 180 valence electrons. The number of hydrogen-bond donors (Lipinski definition) is 0. The highest BCUT2D eigenvalue weighted by atomic mass is 19.4. The lowest BCUT2D eigenvalue weighted by molar-refractivity contribution is -0.397. The number of halogens is 6. The molecule has 0 amide bonds. The van der Waals surface area contributed by atoms with Crippen LogP contribution in [0.4, 0.5) is 26.3 Å². The summed E-state index contributed by atoms with van der Waals surface area (Å²) in [5.74, 6) is -25.4. The van der Waals surface area contributed by atoms with Crippen molar-refractivity contribution in [1.82, 2.24) is 0 Å². The summed E-state index contributed by atoms with van der Waals surface area (Å²) in [6, 6.07) is 0. The first kappa shape index (κ1) is 25.7. The van der Waals surface area contributed by atoms with E-state index >= 15 is 13.2 Å². The second kappa shape index (κ2) is 7.78. The van der Waals surface area contributed by atoms with Gasteiger partial charge in [0.05, 0.1) is 22.8 Å². The second-order valence-corrected chi connectivity index (χ2v) is 7.13. The highest BCUT2D eigenvalue weighted by Gasteiger charge is 2.85. The normalized spacial score (nSPS) is 31.1. The number of hydrogen-bond acceptors (Lipinski definition) is 8. The summed E-state index contributed by atoms with van der Waals surface area (Å²) in [6.45, 7) is 0. The monoisotopic (exact) mass is 480 g/mol. The van der Waals surface area contributed by atoms with Crippen LogP contribution in [0.1, 0.15) is 0 Å². The molecule has 14 heteroatoms. The van der Waals surface area contributed by atoms with Gasteiger partial charge in [0.15, 0.2) is 0 Å². The molecule has 0 heterocycles. The van der Waals surface area contributed by atoms with E-state index in [1.165, 1.54) is 0 Å². The van der Waals surface area contributed by atoms with E-state index in [1.54, 1.807) is 0 Å². The smallest absolute Gasteiger partial charge is 0.456 e. The zero-order valence-corrected chi connectivity index (χ0v) is 15.8. The summed E-state index contributed by atoms with van der Waals surface area (Å²) in [4.78, 5) is 47.2. The van der Waals surface area contributed by atoms with Gasteiger partial charge in [-0.15, -0.1) is 0 Å². The standard InChI is InChI=1S/C19H14F6O8/c20-17(18(21,22)19(23,24)25,15(13(30)31)7-3-1-5-9(15)11(26)27)16(14(32)33)8-4-2-6-10(16)12(28)29/h1-10H,(H,26,27)(H,28,29)(H,30,31)(H,32,33)/p-4. The highest BCUT2D eigenvalue weighted by Crippen LogP contribution is 2.66. The van der Waals surface area contributed by atoms with E-state index in [0.29, 0.717) is 24.3 Å². The molecule has 0 N–H and O–H groups in total. The first-order chi connectivity index (χ1) is 15.0. The average molecular weight is 480 g/mol. The maximum Gasteiger partial charge on any atom is 0.456 e. The van der Waals surface area contributed by atoms with Gasteiger partial charge in [0.1, 0.15) is 0 Å². The molecule has 4 atom stereocenters. The molecule has 0 saturated heterocycles. The largest absolute Gasteiger partial charge is 0.549 e. The molecular formula is C19H10F6O8-4. The molecule has 0 aromatic carbocycles. The number of carbonyl (C=O) groups excluding carboxylic acids is 4. The number of aliphatic carboxylic acids is 4. The summed E-state index contributed by atoms with van der Waals surface area (Å²) in [7, 11) is 0. The summed E-state index contributed by atoms with van der Waals surface area (Å²) < 4.78 is 87.4. The molecule has 2 aliphatic carbocycles. The van der Waals surface area contributed by atoms with Gasteiger partial charge in [-0.2, -0.15) is 22.0 Å². The number of carboxylic acid groups (broad SMARTS) is 4. The van der Waals surface area contributed by atoms with E-state index < -0.39 is 64.3 Å². The van der Waals surface area contributed by atoms with E-state index in [2.05, 4.69) is 0 Å². The van der Waals surface area contributed by atoms with E-state index in [4.69, 9.17) is 0 Å². The molecule has 0 fully saturated rings. The van der Waals surface area contributed by atoms with Crippen LogP contribution in [0.15, 0.2) is 48.6 Å². The quantitative estimate of drug-likeness (QED) is 0.357. The zero-order valence-electron chi connectivity index (χ0n) is 15.8. The fraction of sp³-hybridized carbons (Fsp3) is 0.368. The molecule has 2 rings (SSSR count). The molecule has 0 spiro atoms. The van der Waals surface area contributed by atoms with Crippen molar-refractivity contribution >= 4 is 23.9 Å². The minimum Gasteiger partial charge on any atom is -0.549 e. The van der Waals surface area contributed by atoms with Crippen LogP contribution < -0.4 is 20.4 Å². The van der Waals surface area contributed by atoms with Crippen LogP contribution >= 0.6 is 0 Å². The number of carboxylic acids is 4. The molecule has 33 heavy (non-hydrogen) atoms. The van der Waals surface area contributed by atoms with Crippen molar-refractivity contribution in [2.45, 2.75) is 17.8 Å². The Morgan fingerprint density at radius 3 is 1.21 bits per heavy atom. The molecule has 0 aromatic rings. The number of rotatable bonds is 7. The van der Waals surface area contributed by atoms with Crippen LogP contribution in [-0.2, 0) is 19.2 Å². The molecule has 8 nitrogen and oxygen atoms in total. The van der Waals surface area contributed by atoms with Crippen LogP contribution in [0.5, 0.6) is 0 Å². The van der Waals surface area contributed by atoms with E-state index in [-0.39, 0.29) is 24.3 Å². The van der Waals surface area contributed by atoms with Crippen molar-refractivity contribution in [3.8, 4) is 0 Å². The van der Waals surface area contributed by atoms with Crippen molar-refractivity contribution in [3.05, 3.63) is 48.6 Å². The van der Waals surface area contributed by atoms with Gasteiger partial charge in [-0.3, -0.25) is 0 Å². The van der Waals surface area contributed by atoms with Crippen LogP contribution in [-0.4, -0.2) is 41.6 Å². The summed E-state index contributed by atoms with van der Waals surface area (Å²) >= 11 is 0. The third-order valence-corrected chi connectivity index (χ3v) is 5.64. The van der Waals surface area contributed by atoms with Gasteiger partial charge in [-0.05, 0) is 0 Å². The first-order valence-electron chi connectivity index (χ1n) is 8.67. The minimum atomic E-state index is -7.08. The van der Waals surface area contributed by atoms with Crippen LogP contribution in [0.3, 0.4) is 0 Å². The predicted molar refractivity (Wildman–Crippen MR) is 83.3 cm³/mol. The maximum absolute atomic E-state index is 16.8. The highest BCUT2D eigenvalue weighted by molar-refractivity contribution is 5.93. The van der Waals surface area contributed by atoms with Gasteiger partial charge in [0, 0.05) is 23.8 Å². The Kier molecular flexibility index (Phi) is 6.05. The summed E-state index contributed by atoms with van der Waals surface area (Å²) in [5, 5.41) is 47.2. The van der Waals surface area contributed by atoms with Crippen LogP contribution in [0, 0.1) is 22.7 Å². The minimum absolute atomic E-state index is 0.144. The maximum atomic E-state index is 16.8. The second-order valence-electron chi connectivity index (χ2n) is 7.13. The topological polar surface area (TPSA) is 161 Å². The Morgan fingerprint density at radius 1 is 0.636 bits per heavy atom. The third-order valence-electron chi connectivity index (χ3n) is 5.64. The molecule has 0 aromatic heterocycles. The summed E-state index contributed by atoms with van der Waals surface area (Å²) in [5.41, 5.74) is -15.5. The number of alkyl halides is 6. The Labute approximate surface area is 179 Å². The fourth-order valence-electron chi connectivity index (χ4n) is 4.19. The molecule has 0 radical (unpaired) electrons. The lowest BCUT2D eigenvalue weighted by atomic mass is 9.47. The van der Waals surface area contributed by atoms with Gasteiger partial charge >= 0.3 is 12.1 Å². The molecule has 0 bridgehead atoms. The van der Waals surface area contributed by atoms with Crippen LogP contribution in [0.2, 0.25) is 0 Å². The third kappa shape index (κ3) is 3.07. The lowest BCUT2D eigenvalue weighted by Crippen LogP contribution is -2.80. The van der Waals surface area contributed by atoms with E-state index in [9.17, 15) is 52.8 Å². The van der Waals surface area contributed by atoms with Gasteiger partial charge < -0.3 is 39.6 Å². The molecule has 0 saturated carbocycles. The number of carbonyl (C=O) groups is 4. The number of allylic oxidation sites excluding steroid dienone is 4. The Hall–Kier alpha value is -3.58. The van der Waals surface area contributed by atoms with Gasteiger partial charge in [-0.25, -0.2) is 4.39 Å². The average Bonchev–Trinajstić information content (AvgIpc) is 2.71. The fourth-order valence-corrected chi connectivity index (χ4v) is 4.19. The predicted octanol–water partition coefficient (Wildman–Crippen LogP) is -2.65. The zero-order chi connectivity index (χ0) is 25.6. The van der Waals surface area contributed by atoms with Crippen molar-refractivity contribution in [2.24, 2.45) is 22.7 Å². The van der Waals surface area contributed by atoms with Crippen molar-refractivity contribution in [2.75, 3.05) is 0 Å². The van der Waals surface area contributed by atoms with Gasteiger partial charge in [-0.1, -0.05) is 48.6 Å². The molecular weight excluding hydrogens is 470 g/mol. The lowest BCUT2D eigenvalue weighted by Gasteiger charge is -2.61. The van der Waals surface area contributed by atoms with Crippen molar-refractivity contribution in [3.63, 3.8) is 0 Å². The molecule has 2 aliphatic rings. The Balaban J connectivity index is 3.25. The Morgan fingerprint density at radius 2 is 0.970 bits per heavy atom. The van der Waals surface area contributed by atoms with Gasteiger partial charge in [0.25, 0.3) is 0 Å². The molecule has 0 aliphatic heterocycles. The van der Waals surface area contributed by atoms with Crippen molar-refractivity contribution in [1.29, 1.82) is 0 Å². The molecule has 4 unspecified atom stereocenters. The Bertz CT molecular complexity index is 946. The van der Waals surface area contributed by atoms with E-state index in [1.807, 2.05) is 0 Å². The van der Waals surface area contributed by atoms with Crippen molar-refractivity contribution < 1.29 is 65.9 Å². The first-order valence-corrected chi connectivity index (χ1v) is 8.67. The summed E-state index contributed by atoms with van der Waals surface area (Å²) in [6.07, 6.45) is -5.44. The van der Waals surface area contributed by atoms with Crippen LogP contribution in [0.25, 0.3) is 0 Å². The van der Waals surface area contributed by atoms with E-state index in [0.717, 1.165) is 0 Å². The SMILES string of the molecule is O=C([O-])C1C=CC=CC1(C(=O)[O-])C(F)(C1(C(=O)[O-])C=CC=CC1C(=O)[O-])C(F)(F)C(F)(F)F. The van der Waals surface area contributed by atoms with Gasteiger partial charge in [0.2, 0.25) is 5.67 Å².